The fraction of sp³-hybridized carbons (Fsp3) is 0.258. The first-order valence-electron chi connectivity index (χ1n) is 13.4. The number of carbonyl (C=O) groups excluding carboxylic acids is 3. The van der Waals surface area contributed by atoms with Gasteiger partial charge in [0.2, 0.25) is 11.8 Å². The molecule has 0 aliphatic carbocycles. The second-order valence-corrected chi connectivity index (χ2v) is 11.1. The van der Waals surface area contributed by atoms with Crippen LogP contribution >= 0.6 is 11.8 Å². The number of amidine groups is 2. The zero-order chi connectivity index (χ0) is 28.9. The number of halogens is 1. The molecule has 0 fully saturated rings. The lowest BCUT2D eigenvalue weighted by Gasteiger charge is -2.32. The summed E-state index contributed by atoms with van der Waals surface area (Å²) in [6.07, 6.45) is 0.382. The van der Waals surface area contributed by atoms with Crippen molar-refractivity contribution in [2.24, 2.45) is 9.98 Å². The zero-order valence-electron chi connectivity index (χ0n) is 22.8. The van der Waals surface area contributed by atoms with E-state index in [-0.39, 0.29) is 30.6 Å². The van der Waals surface area contributed by atoms with Crippen LogP contribution < -0.4 is 10.6 Å². The van der Waals surface area contributed by atoms with Gasteiger partial charge in [-0.3, -0.25) is 19.3 Å². The van der Waals surface area contributed by atoms with E-state index < -0.39 is 17.2 Å². The molecule has 210 valence electrons. The van der Waals surface area contributed by atoms with Crippen LogP contribution in [0.2, 0.25) is 0 Å². The molecule has 2 N–H and O–H groups in total. The summed E-state index contributed by atoms with van der Waals surface area (Å²) >= 11 is 1.26. The summed E-state index contributed by atoms with van der Waals surface area (Å²) in [6, 6.07) is 20.3. The van der Waals surface area contributed by atoms with Crippen molar-refractivity contribution < 1.29 is 18.8 Å². The highest BCUT2D eigenvalue weighted by Crippen LogP contribution is 2.36. The molecule has 5 rings (SSSR count). The summed E-state index contributed by atoms with van der Waals surface area (Å²) in [5.74, 6) is -0.870. The van der Waals surface area contributed by atoms with E-state index in [2.05, 4.69) is 15.6 Å². The number of amides is 3. The number of aliphatic imine (C=N–C) groups is 2. The number of thioether (sulfide) groups is 1. The van der Waals surface area contributed by atoms with Gasteiger partial charge in [-0.1, -0.05) is 72.8 Å². The van der Waals surface area contributed by atoms with Crippen molar-refractivity contribution in [1.82, 2.24) is 15.5 Å². The average Bonchev–Trinajstić information content (AvgIpc) is 3.30. The Morgan fingerprint density at radius 2 is 1.61 bits per heavy atom. The highest BCUT2D eigenvalue weighted by atomic mass is 32.2. The predicted molar refractivity (Wildman–Crippen MR) is 158 cm³/mol. The van der Waals surface area contributed by atoms with E-state index in [1.165, 1.54) is 23.9 Å². The van der Waals surface area contributed by atoms with Crippen LogP contribution in [0.15, 0.2) is 82.8 Å². The van der Waals surface area contributed by atoms with Gasteiger partial charge in [0.05, 0.1) is 17.4 Å². The highest BCUT2D eigenvalue weighted by molar-refractivity contribution is 8.15. The predicted octanol–water partition coefficient (Wildman–Crippen LogP) is 4.63. The van der Waals surface area contributed by atoms with Crippen LogP contribution in [0, 0.1) is 12.7 Å². The summed E-state index contributed by atoms with van der Waals surface area (Å²) in [5, 5.41) is 5.78. The van der Waals surface area contributed by atoms with Crippen molar-refractivity contribution in [3.8, 4) is 0 Å². The number of aryl methyl sites for hydroxylation is 1. The Bertz CT molecular complexity index is 1520. The van der Waals surface area contributed by atoms with Crippen molar-refractivity contribution in [1.29, 1.82) is 0 Å². The Hall–Kier alpha value is -4.31. The molecule has 41 heavy (non-hydrogen) atoms. The summed E-state index contributed by atoms with van der Waals surface area (Å²) in [5.41, 5.74) is 4.22. The normalized spacial score (nSPS) is 16.3. The van der Waals surface area contributed by atoms with E-state index >= 15 is 0 Å². The quantitative estimate of drug-likeness (QED) is 0.390. The van der Waals surface area contributed by atoms with E-state index in [9.17, 15) is 18.8 Å². The first kappa shape index (κ1) is 28.2. The van der Waals surface area contributed by atoms with Gasteiger partial charge >= 0.3 is 0 Å². The Morgan fingerprint density at radius 3 is 2.32 bits per heavy atom. The van der Waals surface area contributed by atoms with Crippen molar-refractivity contribution >= 4 is 46.2 Å². The molecule has 0 saturated carbocycles. The topological polar surface area (TPSA) is 103 Å². The minimum absolute atomic E-state index is 0.141. The van der Waals surface area contributed by atoms with E-state index in [0.29, 0.717) is 35.2 Å². The molecule has 2 aliphatic rings. The summed E-state index contributed by atoms with van der Waals surface area (Å²) in [4.78, 5) is 50.0. The van der Waals surface area contributed by atoms with Gasteiger partial charge in [0.1, 0.15) is 17.7 Å². The molecule has 3 aromatic carbocycles. The fourth-order valence-corrected chi connectivity index (χ4v) is 5.68. The molecule has 10 heteroatoms. The molecule has 2 atom stereocenters. The molecule has 2 heterocycles. The average molecular weight is 572 g/mol. The maximum atomic E-state index is 13.2. The van der Waals surface area contributed by atoms with Crippen LogP contribution in [0.3, 0.4) is 0 Å². The Morgan fingerprint density at radius 1 is 0.951 bits per heavy atom. The number of para-hydroxylation sites is 1. The van der Waals surface area contributed by atoms with Crippen LogP contribution in [0.4, 0.5) is 10.1 Å². The van der Waals surface area contributed by atoms with Crippen molar-refractivity contribution in [2.75, 3.05) is 0 Å². The van der Waals surface area contributed by atoms with Gasteiger partial charge in [0.25, 0.3) is 5.91 Å². The van der Waals surface area contributed by atoms with Crippen molar-refractivity contribution in [3.05, 3.63) is 101 Å². The van der Waals surface area contributed by atoms with Gasteiger partial charge in [-0.15, -0.1) is 0 Å². The Balaban J connectivity index is 1.32. The van der Waals surface area contributed by atoms with Crippen LogP contribution in [0.5, 0.6) is 0 Å². The van der Waals surface area contributed by atoms with Crippen molar-refractivity contribution in [3.63, 3.8) is 0 Å². The third-order valence-electron chi connectivity index (χ3n) is 6.89. The number of nitrogens with zero attached hydrogens (tertiary/aromatic N) is 3. The fourth-order valence-electron chi connectivity index (χ4n) is 4.59. The summed E-state index contributed by atoms with van der Waals surface area (Å²) < 4.78 is 13.2. The van der Waals surface area contributed by atoms with Crippen LogP contribution in [0.25, 0.3) is 0 Å². The molecule has 2 unspecified atom stereocenters. The lowest BCUT2D eigenvalue weighted by molar-refractivity contribution is -0.126. The molecule has 0 saturated heterocycles. The van der Waals surface area contributed by atoms with Gasteiger partial charge < -0.3 is 10.6 Å². The van der Waals surface area contributed by atoms with Crippen molar-refractivity contribution in [2.45, 2.75) is 51.1 Å². The van der Waals surface area contributed by atoms with Crippen LogP contribution in [-0.4, -0.2) is 44.9 Å². The number of benzene rings is 3. The smallest absolute Gasteiger partial charge is 0.271 e. The molecule has 0 radical (unpaired) electrons. The highest BCUT2D eigenvalue weighted by Gasteiger charge is 2.43. The van der Waals surface area contributed by atoms with Gasteiger partial charge in [0.15, 0.2) is 5.17 Å². The number of hydrogen-bond donors (Lipinski definition) is 2. The lowest BCUT2D eigenvalue weighted by atomic mass is 10.1. The molecule has 0 aromatic heterocycles. The Kier molecular flexibility index (Phi) is 8.58. The molecule has 2 aliphatic heterocycles. The Labute approximate surface area is 242 Å². The monoisotopic (exact) mass is 571 g/mol. The molecule has 3 amide bonds. The number of rotatable bonds is 9. The number of hydrogen-bond acceptors (Lipinski definition) is 6. The minimum Gasteiger partial charge on any atom is -0.352 e. The molecule has 0 bridgehead atoms. The maximum Gasteiger partial charge on any atom is 0.271 e. The number of fused-ring (bicyclic) bond motifs is 3. The SMILES string of the molecule is CCC(SC1=Nc2ccccc2C2=NC(=O)C(CC(=O)NCc3ccc(F)cc3)N12)C(=O)NCc1ccc(C)cc1. The van der Waals surface area contributed by atoms with E-state index in [4.69, 9.17) is 4.99 Å². The lowest BCUT2D eigenvalue weighted by Crippen LogP contribution is -2.47. The van der Waals surface area contributed by atoms with E-state index in [1.807, 2.05) is 62.4 Å². The summed E-state index contributed by atoms with van der Waals surface area (Å²) in [7, 11) is 0. The second-order valence-electron chi connectivity index (χ2n) is 9.90. The zero-order valence-corrected chi connectivity index (χ0v) is 23.6. The number of nitrogens with one attached hydrogen (secondary N) is 2. The first-order valence-corrected chi connectivity index (χ1v) is 14.3. The molecule has 8 nitrogen and oxygen atoms in total. The standard InChI is InChI=1S/C31H30FN5O3S/c1-3-26(30(40)34-18-20-10-8-19(2)9-11-20)41-31-35-24-7-5-4-6-23(24)28-36-29(39)25(37(28)31)16-27(38)33-17-21-12-14-22(32)15-13-21/h4-15,25-26H,3,16-18H2,1-2H3,(H,33,38)(H,34,40). The maximum absolute atomic E-state index is 13.2. The third-order valence-corrected chi connectivity index (χ3v) is 8.22. The molecule has 3 aromatic rings. The number of carbonyl (C=O) groups is 3. The molecular formula is C31H30FN5O3S. The molecular weight excluding hydrogens is 541 g/mol. The van der Waals surface area contributed by atoms with Crippen LogP contribution in [-0.2, 0) is 27.5 Å². The van der Waals surface area contributed by atoms with E-state index in [1.54, 1.807) is 17.0 Å². The van der Waals surface area contributed by atoms with Crippen LogP contribution in [0.1, 0.15) is 42.0 Å². The minimum atomic E-state index is -0.897. The van der Waals surface area contributed by atoms with Gasteiger partial charge in [0, 0.05) is 18.7 Å². The van der Waals surface area contributed by atoms with Gasteiger partial charge in [-0.2, -0.15) is 4.99 Å². The first-order chi connectivity index (χ1) is 19.8. The summed E-state index contributed by atoms with van der Waals surface area (Å²) in [6.45, 7) is 4.53. The van der Waals surface area contributed by atoms with Gasteiger partial charge in [-0.25, -0.2) is 9.38 Å². The largest absolute Gasteiger partial charge is 0.352 e. The molecule has 0 spiro atoms. The van der Waals surface area contributed by atoms with E-state index in [0.717, 1.165) is 16.7 Å². The second kappa shape index (κ2) is 12.5. The van der Waals surface area contributed by atoms with Gasteiger partial charge in [-0.05, 0) is 48.7 Å². The third kappa shape index (κ3) is 6.54.